The van der Waals surface area contributed by atoms with Gasteiger partial charge in [-0.3, -0.25) is 4.79 Å². The number of benzene rings is 1. The van der Waals surface area contributed by atoms with E-state index in [2.05, 4.69) is 4.98 Å². The van der Waals surface area contributed by atoms with Crippen molar-refractivity contribution in [3.05, 3.63) is 45.2 Å². The molecule has 0 saturated heterocycles. The minimum absolute atomic E-state index is 0.150. The van der Waals surface area contributed by atoms with Crippen LogP contribution < -0.4 is 10.4 Å². The van der Waals surface area contributed by atoms with Crippen LogP contribution in [-0.2, 0) is 12.8 Å². The summed E-state index contributed by atoms with van der Waals surface area (Å²) < 4.78 is 18.9. The molecule has 1 aliphatic heterocycles. The zero-order chi connectivity index (χ0) is 17.4. The highest BCUT2D eigenvalue weighted by Crippen LogP contribution is 2.37. The molecule has 1 atom stereocenters. The molecule has 124 valence electrons. The summed E-state index contributed by atoms with van der Waals surface area (Å²) in [6.07, 6.45) is 1.98. The summed E-state index contributed by atoms with van der Waals surface area (Å²) in [7, 11) is -1.31. The number of primary amides is 1. The fourth-order valence-electron chi connectivity index (χ4n) is 2.61. The molecule has 0 radical (unpaired) electrons. The molecule has 0 spiro atoms. The second kappa shape index (κ2) is 6.21. The summed E-state index contributed by atoms with van der Waals surface area (Å²) in [5.74, 6) is -3.51. The quantitative estimate of drug-likeness (QED) is 0.710. The minimum atomic E-state index is -1.46. The summed E-state index contributed by atoms with van der Waals surface area (Å²) in [5, 5.41) is 19.8. The van der Waals surface area contributed by atoms with E-state index in [0.717, 1.165) is 17.4 Å². The lowest BCUT2D eigenvalue weighted by atomic mass is 9.65. The fourth-order valence-corrected chi connectivity index (χ4v) is 3.48. The number of nitrogens with zero attached hydrogens (tertiary/aromatic N) is 1. The van der Waals surface area contributed by atoms with Gasteiger partial charge in [0.25, 0.3) is 5.91 Å². The molecule has 0 fully saturated rings. The van der Waals surface area contributed by atoms with E-state index in [4.69, 9.17) is 15.5 Å². The van der Waals surface area contributed by atoms with Crippen molar-refractivity contribution < 1.29 is 28.8 Å². The second-order valence-electron chi connectivity index (χ2n) is 5.38. The van der Waals surface area contributed by atoms with E-state index >= 15 is 0 Å². The van der Waals surface area contributed by atoms with Gasteiger partial charge in [0.05, 0.1) is 11.2 Å². The Balaban J connectivity index is 1.85. The van der Waals surface area contributed by atoms with Gasteiger partial charge in [-0.1, -0.05) is 6.07 Å². The highest BCUT2D eigenvalue weighted by Gasteiger charge is 2.38. The molecule has 2 aromatic rings. The van der Waals surface area contributed by atoms with Crippen molar-refractivity contribution in [2.24, 2.45) is 5.73 Å². The first kappa shape index (κ1) is 16.4. The molecule has 24 heavy (non-hydrogen) atoms. The van der Waals surface area contributed by atoms with Crippen molar-refractivity contribution in [1.29, 1.82) is 0 Å². The third-order valence-electron chi connectivity index (χ3n) is 3.76. The average Bonchev–Trinajstić information content (AvgIpc) is 2.97. The number of hydrogen-bond donors (Lipinski definition) is 3. The predicted octanol–water partition coefficient (Wildman–Crippen LogP) is 1.11. The van der Waals surface area contributed by atoms with E-state index in [1.54, 1.807) is 0 Å². The molecule has 0 bridgehead atoms. The third-order valence-corrected chi connectivity index (χ3v) is 4.79. The number of hydrogen-bond acceptors (Lipinski definition) is 6. The second-order valence-corrected chi connectivity index (χ2v) is 6.49. The molecule has 1 aliphatic rings. The lowest BCUT2D eigenvalue weighted by molar-refractivity contribution is 0.0688. The Morgan fingerprint density at radius 2 is 2.25 bits per heavy atom. The van der Waals surface area contributed by atoms with Crippen molar-refractivity contribution in [3.8, 4) is 5.75 Å². The number of carboxylic acid groups (broad SMARTS) is 1. The number of rotatable bonds is 4. The molecule has 10 heteroatoms. The van der Waals surface area contributed by atoms with E-state index in [-0.39, 0.29) is 5.75 Å². The molecule has 2 heterocycles. The largest absolute Gasteiger partial charge is 0.535 e. The van der Waals surface area contributed by atoms with Crippen LogP contribution in [0.3, 0.4) is 0 Å². The molecule has 1 amide bonds. The van der Waals surface area contributed by atoms with Crippen LogP contribution in [0.2, 0.25) is 5.82 Å². The third kappa shape index (κ3) is 2.97. The van der Waals surface area contributed by atoms with Gasteiger partial charge in [0.2, 0.25) is 0 Å². The van der Waals surface area contributed by atoms with E-state index in [1.165, 1.54) is 12.3 Å². The van der Waals surface area contributed by atoms with Crippen LogP contribution in [0.25, 0.3) is 0 Å². The zero-order valence-corrected chi connectivity index (χ0v) is 13.0. The fraction of sp³-hybridized carbons (Fsp3) is 0.214. The highest BCUT2D eigenvalue weighted by atomic mass is 32.1. The maximum absolute atomic E-state index is 13.7. The van der Waals surface area contributed by atoms with Gasteiger partial charge in [0, 0.05) is 12.2 Å². The van der Waals surface area contributed by atoms with Gasteiger partial charge in [0.1, 0.15) is 22.0 Å². The maximum Gasteiger partial charge on any atom is 0.526 e. The minimum Gasteiger partial charge on any atom is -0.535 e. The molecule has 3 rings (SSSR count). The molecule has 0 aliphatic carbocycles. The number of nitrogens with two attached hydrogens (primary N) is 1. The molecule has 7 nitrogen and oxygen atoms in total. The van der Waals surface area contributed by atoms with Crippen molar-refractivity contribution in [1.82, 2.24) is 4.98 Å². The van der Waals surface area contributed by atoms with Crippen molar-refractivity contribution in [3.63, 3.8) is 0 Å². The Morgan fingerprint density at radius 3 is 2.88 bits per heavy atom. The van der Waals surface area contributed by atoms with Crippen molar-refractivity contribution >= 4 is 30.3 Å². The van der Waals surface area contributed by atoms with Gasteiger partial charge in [-0.15, -0.1) is 11.3 Å². The SMILES string of the molecule is NC(=O)c1cnc(C[C@H]2Cc3ccc(F)c(C(=O)O)c3OB2O)s1. The zero-order valence-electron chi connectivity index (χ0n) is 12.2. The maximum atomic E-state index is 13.7. The average molecular weight is 350 g/mol. The smallest absolute Gasteiger partial charge is 0.526 e. The Bertz CT molecular complexity index is 827. The van der Waals surface area contributed by atoms with Crippen LogP contribution in [0.1, 0.15) is 30.6 Å². The number of carboxylic acids is 1. The number of fused-ring (bicyclic) bond motifs is 1. The number of thiazole rings is 1. The van der Waals surface area contributed by atoms with Crippen LogP contribution in [0.15, 0.2) is 18.3 Å². The lowest BCUT2D eigenvalue weighted by Crippen LogP contribution is -2.36. The normalized spacial score (nSPS) is 16.4. The van der Waals surface area contributed by atoms with E-state index in [0.29, 0.717) is 28.3 Å². The topological polar surface area (TPSA) is 123 Å². The molecule has 4 N–H and O–H groups in total. The number of aromatic carboxylic acids is 1. The Morgan fingerprint density at radius 1 is 1.50 bits per heavy atom. The van der Waals surface area contributed by atoms with Gasteiger partial charge >= 0.3 is 13.1 Å². The summed E-state index contributed by atoms with van der Waals surface area (Å²) in [4.78, 5) is 26.7. The molecule has 1 aromatic heterocycles. The molecule has 1 aromatic carbocycles. The van der Waals surface area contributed by atoms with Gasteiger partial charge in [-0.25, -0.2) is 14.2 Å². The van der Waals surface area contributed by atoms with Gasteiger partial charge < -0.3 is 20.5 Å². The molecule has 0 unspecified atom stereocenters. The van der Waals surface area contributed by atoms with E-state index < -0.39 is 36.2 Å². The number of aromatic nitrogens is 1. The van der Waals surface area contributed by atoms with Crippen LogP contribution in [-0.4, -0.2) is 34.1 Å². The summed E-state index contributed by atoms with van der Waals surface area (Å²) in [6.45, 7) is 0. The van der Waals surface area contributed by atoms with Gasteiger partial charge in [-0.2, -0.15) is 0 Å². The summed E-state index contributed by atoms with van der Waals surface area (Å²) in [6, 6.07) is 2.50. The number of carbonyl (C=O) groups is 2. The Labute approximate surface area is 140 Å². The van der Waals surface area contributed by atoms with Crippen LogP contribution in [0.5, 0.6) is 5.75 Å². The van der Waals surface area contributed by atoms with Crippen molar-refractivity contribution in [2.75, 3.05) is 0 Å². The van der Waals surface area contributed by atoms with E-state index in [9.17, 15) is 19.0 Å². The lowest BCUT2D eigenvalue weighted by Gasteiger charge is -2.28. The van der Waals surface area contributed by atoms with Crippen LogP contribution in [0.4, 0.5) is 4.39 Å². The van der Waals surface area contributed by atoms with Crippen molar-refractivity contribution in [2.45, 2.75) is 18.7 Å². The first-order valence-electron chi connectivity index (χ1n) is 7.00. The van der Waals surface area contributed by atoms with Gasteiger partial charge in [0.15, 0.2) is 0 Å². The molecule has 0 saturated carbocycles. The number of carbonyl (C=O) groups excluding carboxylic acids is 1. The first-order valence-corrected chi connectivity index (χ1v) is 7.82. The van der Waals surface area contributed by atoms with Gasteiger partial charge in [-0.05, 0) is 18.1 Å². The first-order chi connectivity index (χ1) is 11.4. The predicted molar refractivity (Wildman–Crippen MR) is 83.8 cm³/mol. The summed E-state index contributed by atoms with van der Waals surface area (Å²) >= 11 is 1.12. The standard InChI is InChI=1S/C14H12BFN2O5S/c16-8-2-1-6-3-7(4-10-18-5-9(24-10)13(17)19)15(22)23-12(6)11(8)14(20)21/h1-2,5,7,22H,3-4H2,(H2,17,19)(H,20,21)/t7-/m1/s1. The number of halogens is 1. The molecular formula is C14H12BFN2O5S. The number of amides is 1. The molecular weight excluding hydrogens is 338 g/mol. The Kier molecular flexibility index (Phi) is 4.25. The van der Waals surface area contributed by atoms with E-state index in [1.807, 2.05) is 0 Å². The highest BCUT2D eigenvalue weighted by molar-refractivity contribution is 7.13. The monoisotopic (exact) mass is 350 g/mol. The summed E-state index contributed by atoms with van der Waals surface area (Å²) in [5.41, 5.74) is 5.08. The van der Waals surface area contributed by atoms with Crippen LogP contribution in [0, 0.1) is 5.82 Å². The Hall–Kier alpha value is -2.46. The van der Waals surface area contributed by atoms with Crippen LogP contribution >= 0.6 is 11.3 Å².